The summed E-state index contributed by atoms with van der Waals surface area (Å²) in [7, 11) is -2.30. The number of carboxylic acid groups (broad SMARTS) is 1. The van der Waals surface area contributed by atoms with Gasteiger partial charge in [-0.15, -0.1) is 0 Å². The number of nitrogen functional groups attached to an aromatic ring is 1. The fraction of sp³-hybridized carbons (Fsp3) is 0.500. The Labute approximate surface area is 237 Å². The number of imidazole rings is 1. The van der Waals surface area contributed by atoms with Crippen LogP contribution in [0.3, 0.4) is 0 Å². The maximum atomic E-state index is 16.7. The molecule has 1 aliphatic rings. The number of fused-ring (bicyclic) bond motifs is 1. The van der Waals surface area contributed by atoms with Gasteiger partial charge in [-0.2, -0.15) is 9.97 Å². The lowest BCUT2D eigenvalue weighted by Gasteiger charge is -2.37. The zero-order valence-electron chi connectivity index (χ0n) is 23.8. The molecule has 3 aromatic rings. The molecule has 0 saturated carbocycles. The lowest BCUT2D eigenvalue weighted by molar-refractivity contribution is -0.0555. The molecule has 15 heteroatoms. The number of alkyl halides is 1. The molecule has 1 fully saturated rings. The number of hydrogen-bond acceptors (Lipinski definition) is 10. The van der Waals surface area contributed by atoms with E-state index in [1.165, 1.54) is 17.8 Å². The number of nitrogens with one attached hydrogen (secondary N) is 1. The number of carbonyl (C=O) groups excluding carboxylic acids is 1. The summed E-state index contributed by atoms with van der Waals surface area (Å²) in [6.45, 7) is 11.4. The van der Waals surface area contributed by atoms with Gasteiger partial charge in [-0.05, 0) is 30.6 Å². The number of aromatic nitrogens is 4. The van der Waals surface area contributed by atoms with Gasteiger partial charge < -0.3 is 29.5 Å². The maximum Gasteiger partial charge on any atom is 0.509 e. The van der Waals surface area contributed by atoms with Crippen molar-refractivity contribution in [1.29, 1.82) is 0 Å². The highest BCUT2D eigenvalue weighted by Gasteiger charge is 2.59. The largest absolute Gasteiger partial charge is 0.509 e. The summed E-state index contributed by atoms with van der Waals surface area (Å²) in [5.74, 6) is -0.441. The third kappa shape index (κ3) is 6.41. The minimum Gasteiger partial charge on any atom is -0.465 e. The number of rotatable bonds is 8. The Morgan fingerprint density at radius 2 is 1.93 bits per heavy atom. The van der Waals surface area contributed by atoms with Crippen LogP contribution in [-0.2, 0) is 25.2 Å². The standard InChI is InChI=1S/C26H35FN6O7Si/c1-25(2,3)41(5,6)38-13-16-18(40-24(36)37-12-15-10-8-7-9-11-15)26(4,27)21(39-16)33-14-29-17-19(31-23(34)35)30-22(28)32-20(17)33/h7-11,14,16,18,21H,12-13H2,1-6H3,(H,34,35)(H3,28,30,31,32)/t16-,18-,21-,26+/m1/s1. The smallest absolute Gasteiger partial charge is 0.465 e. The van der Waals surface area contributed by atoms with Crippen LogP contribution in [0, 0.1) is 0 Å². The van der Waals surface area contributed by atoms with Crippen molar-refractivity contribution >= 4 is 43.5 Å². The number of hydrogen-bond donors (Lipinski definition) is 3. The number of ether oxygens (including phenoxy) is 3. The number of amides is 1. The van der Waals surface area contributed by atoms with Crippen molar-refractivity contribution in [3.63, 3.8) is 0 Å². The van der Waals surface area contributed by atoms with Crippen molar-refractivity contribution < 1.29 is 37.7 Å². The minimum atomic E-state index is -2.33. The van der Waals surface area contributed by atoms with E-state index in [-0.39, 0.29) is 41.2 Å². The lowest BCUT2D eigenvalue weighted by Crippen LogP contribution is -2.47. The van der Waals surface area contributed by atoms with Crippen LogP contribution in [0.5, 0.6) is 0 Å². The van der Waals surface area contributed by atoms with Gasteiger partial charge >= 0.3 is 12.2 Å². The molecule has 0 radical (unpaired) electrons. The second-order valence-electron chi connectivity index (χ2n) is 11.5. The quantitative estimate of drug-likeness (QED) is 0.241. The molecule has 0 unspecified atom stereocenters. The number of halogens is 1. The molecule has 1 saturated heterocycles. The van der Waals surface area contributed by atoms with Gasteiger partial charge in [-0.25, -0.2) is 19.0 Å². The summed E-state index contributed by atoms with van der Waals surface area (Å²) in [5, 5.41) is 11.1. The van der Waals surface area contributed by atoms with Gasteiger partial charge in [0.05, 0.1) is 12.9 Å². The van der Waals surface area contributed by atoms with Crippen LogP contribution in [0.4, 0.5) is 25.7 Å². The van der Waals surface area contributed by atoms with Crippen LogP contribution < -0.4 is 11.1 Å². The van der Waals surface area contributed by atoms with Crippen molar-refractivity contribution in [2.24, 2.45) is 0 Å². The Bertz CT molecular complexity index is 1410. The summed E-state index contributed by atoms with van der Waals surface area (Å²) in [5.41, 5.74) is 4.25. The van der Waals surface area contributed by atoms with Crippen molar-refractivity contribution in [2.75, 3.05) is 17.7 Å². The van der Waals surface area contributed by atoms with E-state index in [1.807, 2.05) is 19.2 Å². The molecule has 222 valence electrons. The van der Waals surface area contributed by atoms with E-state index >= 15 is 4.39 Å². The van der Waals surface area contributed by atoms with Gasteiger partial charge in [0.1, 0.15) is 12.7 Å². The van der Waals surface area contributed by atoms with Crippen LogP contribution in [0.25, 0.3) is 11.2 Å². The number of nitrogens with zero attached hydrogens (tertiary/aromatic N) is 4. The van der Waals surface area contributed by atoms with Gasteiger partial charge in [0.25, 0.3) is 0 Å². The molecule has 0 spiro atoms. The van der Waals surface area contributed by atoms with Crippen molar-refractivity contribution in [2.45, 2.75) is 76.5 Å². The third-order valence-electron chi connectivity index (χ3n) is 7.43. The molecule has 13 nitrogen and oxygen atoms in total. The topological polar surface area (TPSA) is 173 Å². The first-order valence-corrected chi connectivity index (χ1v) is 15.9. The van der Waals surface area contributed by atoms with Crippen molar-refractivity contribution in [3.05, 3.63) is 42.2 Å². The molecule has 4 rings (SSSR count). The van der Waals surface area contributed by atoms with Crippen LogP contribution in [0.2, 0.25) is 18.1 Å². The fourth-order valence-electron chi connectivity index (χ4n) is 4.18. The van der Waals surface area contributed by atoms with Crippen LogP contribution in [0.1, 0.15) is 39.5 Å². The van der Waals surface area contributed by atoms with Crippen LogP contribution in [-0.4, -0.2) is 69.7 Å². The molecule has 0 bridgehead atoms. The predicted molar refractivity (Wildman–Crippen MR) is 149 cm³/mol. The highest BCUT2D eigenvalue weighted by Crippen LogP contribution is 2.45. The lowest BCUT2D eigenvalue weighted by atomic mass is 9.98. The second-order valence-corrected chi connectivity index (χ2v) is 16.3. The number of anilines is 2. The van der Waals surface area contributed by atoms with E-state index in [4.69, 9.17) is 29.5 Å². The maximum absolute atomic E-state index is 16.7. The summed E-state index contributed by atoms with van der Waals surface area (Å²) in [4.78, 5) is 36.2. The van der Waals surface area contributed by atoms with E-state index in [1.54, 1.807) is 24.3 Å². The van der Waals surface area contributed by atoms with Gasteiger partial charge in [-0.1, -0.05) is 51.1 Å². The molecule has 4 N–H and O–H groups in total. The number of carbonyl (C=O) groups is 2. The molecule has 1 aromatic carbocycles. The van der Waals surface area contributed by atoms with Crippen molar-refractivity contribution in [1.82, 2.24) is 19.5 Å². The van der Waals surface area contributed by atoms with Gasteiger partial charge in [0, 0.05) is 0 Å². The van der Waals surface area contributed by atoms with Crippen LogP contribution in [0.15, 0.2) is 36.7 Å². The molecular formula is C26H35FN6O7Si. The fourth-order valence-corrected chi connectivity index (χ4v) is 5.20. The minimum absolute atomic E-state index is 0.0199. The summed E-state index contributed by atoms with van der Waals surface area (Å²) >= 11 is 0. The molecular weight excluding hydrogens is 555 g/mol. The Kier molecular flexibility index (Phi) is 8.25. The molecule has 1 aliphatic heterocycles. The van der Waals surface area contributed by atoms with Crippen molar-refractivity contribution in [3.8, 4) is 0 Å². The van der Waals surface area contributed by atoms with Gasteiger partial charge in [-0.3, -0.25) is 9.88 Å². The van der Waals surface area contributed by atoms with E-state index in [0.29, 0.717) is 0 Å². The Morgan fingerprint density at radius 3 is 2.56 bits per heavy atom. The first-order valence-electron chi connectivity index (χ1n) is 13.0. The van der Waals surface area contributed by atoms with Gasteiger partial charge in [0.15, 0.2) is 43.3 Å². The predicted octanol–water partition coefficient (Wildman–Crippen LogP) is 4.87. The van der Waals surface area contributed by atoms with E-state index in [0.717, 1.165) is 5.56 Å². The summed E-state index contributed by atoms with van der Waals surface area (Å²) < 4.78 is 41.3. The zero-order valence-corrected chi connectivity index (χ0v) is 24.8. The van der Waals surface area contributed by atoms with E-state index in [2.05, 4.69) is 41.0 Å². The third-order valence-corrected chi connectivity index (χ3v) is 11.9. The summed E-state index contributed by atoms with van der Waals surface area (Å²) in [6, 6.07) is 8.99. The second kappa shape index (κ2) is 11.2. The molecule has 3 heterocycles. The zero-order chi connectivity index (χ0) is 30.2. The summed E-state index contributed by atoms with van der Waals surface area (Å²) in [6.07, 6.45) is -5.10. The molecule has 2 aromatic heterocycles. The van der Waals surface area contributed by atoms with E-state index < -0.39 is 44.7 Å². The molecule has 41 heavy (non-hydrogen) atoms. The first kappa shape index (κ1) is 30.1. The Morgan fingerprint density at radius 1 is 1.24 bits per heavy atom. The normalized spacial score (nSPS) is 23.0. The van der Waals surface area contributed by atoms with E-state index in [9.17, 15) is 9.59 Å². The number of nitrogens with two attached hydrogens (primary N) is 1. The first-order chi connectivity index (χ1) is 19.1. The SMILES string of the molecule is CC(C)(C)[Si](C)(C)OC[C@H]1O[C@@H](n2cnc3c(NC(=O)O)nc(N)nc32)[C@@](C)(F)[C@@H]1OC(=O)OCc1ccccc1. The monoisotopic (exact) mass is 590 g/mol. The molecule has 0 aliphatic carbocycles. The molecule has 1 amide bonds. The highest BCUT2D eigenvalue weighted by atomic mass is 28.4. The van der Waals surface area contributed by atoms with Gasteiger partial charge in [0.2, 0.25) is 5.95 Å². The Balaban J connectivity index is 1.65. The average Bonchev–Trinajstić information content (AvgIpc) is 3.39. The highest BCUT2D eigenvalue weighted by molar-refractivity contribution is 6.74. The Hall–Kier alpha value is -3.82. The van der Waals surface area contributed by atoms with Crippen LogP contribution >= 0.6 is 0 Å². The molecule has 4 atom stereocenters. The average molecular weight is 591 g/mol. The number of benzene rings is 1.